The van der Waals surface area contributed by atoms with E-state index in [1.54, 1.807) is 37.2 Å². The minimum absolute atomic E-state index is 0.143. The van der Waals surface area contributed by atoms with Crippen LogP contribution in [0.5, 0.6) is 0 Å². The quantitative estimate of drug-likeness (QED) is 0.0478. The summed E-state index contributed by atoms with van der Waals surface area (Å²) in [5.74, 6) is 5.27. The van der Waals surface area contributed by atoms with E-state index in [4.69, 9.17) is 92.5 Å². The molecule has 13 aromatic rings. The zero-order chi connectivity index (χ0) is 78.8. The average Bonchev–Trinajstić information content (AvgIpc) is 1.64. The predicted molar refractivity (Wildman–Crippen MR) is 433 cm³/mol. The summed E-state index contributed by atoms with van der Waals surface area (Å²) in [5.41, 5.74) is 11.5. The molecule has 3 aliphatic carbocycles. The summed E-state index contributed by atoms with van der Waals surface area (Å²) < 4.78 is 39.9. The first-order chi connectivity index (χ1) is 54.9. The third kappa shape index (κ3) is 18.5. The lowest BCUT2D eigenvalue weighted by atomic mass is 9.83. The van der Waals surface area contributed by atoms with Gasteiger partial charge in [0.25, 0.3) is 0 Å². The Bertz CT molecular complexity index is 5570. The molecule has 12 heterocycles. The number of ether oxygens (including phenoxy) is 3. The number of nitrogens with one attached hydrogen (secondary N) is 3. The van der Waals surface area contributed by atoms with Crippen molar-refractivity contribution < 1.29 is 27.8 Å². The van der Waals surface area contributed by atoms with Crippen molar-refractivity contribution >= 4 is 67.9 Å². The van der Waals surface area contributed by atoms with Gasteiger partial charge in [0.15, 0.2) is 0 Å². The van der Waals surface area contributed by atoms with Crippen molar-refractivity contribution in [1.29, 1.82) is 0 Å². The summed E-state index contributed by atoms with van der Waals surface area (Å²) in [6, 6.07) is 21.2. The number of halogens is 3. The number of H-pyrrole nitrogens is 3. The predicted octanol–water partition coefficient (Wildman–Crippen LogP) is 18.4. The smallest absolute Gasteiger partial charge is 0.371 e. The molecule has 0 saturated heterocycles. The van der Waals surface area contributed by atoms with Crippen LogP contribution in [0.3, 0.4) is 0 Å². The fraction of sp³-hybridized carbons (Fsp3) is 0.458. The van der Waals surface area contributed by atoms with Crippen molar-refractivity contribution in [1.82, 2.24) is 89.0 Å². The summed E-state index contributed by atoms with van der Waals surface area (Å²) in [7, 11) is 0. The van der Waals surface area contributed by atoms with Gasteiger partial charge in [-0.1, -0.05) is 161 Å². The van der Waals surface area contributed by atoms with Crippen LogP contribution >= 0.6 is 34.8 Å². The molecule has 16 rings (SSSR count). The average molecular weight is 1600 g/mol. The Morgan fingerprint density at radius 3 is 1.10 bits per heavy atom. The molecule has 3 unspecified atom stereocenters. The third-order valence-corrected chi connectivity index (χ3v) is 22.5. The Kier molecular flexibility index (Phi) is 25.8. The van der Waals surface area contributed by atoms with Gasteiger partial charge < -0.3 is 27.9 Å². The van der Waals surface area contributed by atoms with E-state index in [9.17, 15) is 14.4 Å². The van der Waals surface area contributed by atoms with E-state index in [1.807, 2.05) is 68.4 Å². The van der Waals surface area contributed by atoms with Gasteiger partial charge in [0.1, 0.15) is 52.9 Å². The van der Waals surface area contributed by atoms with Gasteiger partial charge in [-0.25, -0.2) is 44.3 Å². The van der Waals surface area contributed by atoms with Gasteiger partial charge in [0.05, 0.1) is 65.2 Å². The number of fused-ring (bicyclic) bond motifs is 3. The highest BCUT2D eigenvalue weighted by molar-refractivity contribution is 6.31. The molecular weight excluding hydrogens is 1500 g/mol. The number of benzene rings is 1. The first kappa shape index (κ1) is 79.7. The number of nitrogens with zero attached hydrogens (tertiary/aromatic N) is 15. The Morgan fingerprint density at radius 2 is 0.779 bits per heavy atom. The molecule has 0 amide bonds. The maximum Gasteiger partial charge on any atom is 0.439 e. The number of aromatic amines is 3. The molecule has 3 fully saturated rings. The Hall–Kier alpha value is -9.90. The van der Waals surface area contributed by atoms with Crippen molar-refractivity contribution in [3.05, 3.63) is 174 Å². The lowest BCUT2D eigenvalue weighted by Gasteiger charge is -2.28. The van der Waals surface area contributed by atoms with Gasteiger partial charge in [-0.15, -0.1) is 0 Å². The highest BCUT2D eigenvalue weighted by Gasteiger charge is 2.33. The van der Waals surface area contributed by atoms with E-state index >= 15 is 0 Å². The van der Waals surface area contributed by atoms with Crippen molar-refractivity contribution in [2.24, 2.45) is 35.5 Å². The van der Waals surface area contributed by atoms with Crippen LogP contribution in [0.2, 0.25) is 15.1 Å². The molecule has 12 aromatic heterocycles. The molecule has 0 radical (unpaired) electrons. The van der Waals surface area contributed by atoms with E-state index < -0.39 is 17.3 Å². The zero-order valence-corrected chi connectivity index (χ0v) is 67.1. The van der Waals surface area contributed by atoms with Gasteiger partial charge in [-0.3, -0.25) is 43.5 Å². The normalized spacial score (nSPS) is 18.8. The van der Waals surface area contributed by atoms with Crippen LogP contribution < -0.4 is 17.3 Å². The van der Waals surface area contributed by atoms with E-state index in [-0.39, 0.29) is 35.8 Å². The molecule has 3 saturated carbocycles. The second-order valence-electron chi connectivity index (χ2n) is 30.2. The monoisotopic (exact) mass is 1590 g/mol. The summed E-state index contributed by atoms with van der Waals surface area (Å²) >= 11 is 19.1. The maximum atomic E-state index is 11.8. The molecule has 0 spiro atoms. The molecular formula is C83H95Cl3N18O9. The lowest BCUT2D eigenvalue weighted by molar-refractivity contribution is 0.0415. The van der Waals surface area contributed by atoms with E-state index in [0.29, 0.717) is 92.3 Å². The fourth-order valence-electron chi connectivity index (χ4n) is 16.0. The fourth-order valence-corrected chi connectivity index (χ4v) is 16.5. The van der Waals surface area contributed by atoms with Crippen LogP contribution in [0, 0.1) is 35.5 Å². The number of hydrogen-bond acceptors (Lipinski definition) is 21. The van der Waals surface area contributed by atoms with Crippen LogP contribution in [-0.2, 0) is 33.8 Å². The summed E-state index contributed by atoms with van der Waals surface area (Å²) in [4.78, 5) is 86.0. The van der Waals surface area contributed by atoms with Crippen molar-refractivity contribution in [3.8, 4) is 68.3 Å². The second-order valence-corrected chi connectivity index (χ2v) is 31.5. The Morgan fingerprint density at radius 1 is 0.434 bits per heavy atom. The summed E-state index contributed by atoms with van der Waals surface area (Å²) in [6.45, 7) is 21.6. The summed E-state index contributed by atoms with van der Waals surface area (Å²) in [6.07, 6.45) is 26.3. The van der Waals surface area contributed by atoms with Crippen LogP contribution in [0.25, 0.3) is 101 Å². The van der Waals surface area contributed by atoms with E-state index in [2.05, 4.69) is 113 Å². The number of hydrogen-bond donors (Lipinski definition) is 3. The highest BCUT2D eigenvalue weighted by Crippen LogP contribution is 2.43. The standard InChI is InChI=1S/C30H31ClN6O3.C27H33ClN6O3.C26H31ClN6O3/c1-3-39-27(20-7-5-4-6-8-20)29-34-23-14-24(28-35-30(38)40-36-28)33-25(21-13-22(31)16-32-15-21)26(23)37(29)17-19-11-9-18(2)10-12-19;1-4-10-36-22(5-2)26-31-20-12-21(25-32-27(35)37-33-25)30-23(18-11-19(28)14-29-13-18)24(20)34(26)15-17-8-6-16(3)7-9-17;1-4-21(35-5-2)25-30-19-11-20(24-31-26(34)36-32-24)29-22(17-10-18(27)13-28-12-17)23(19)33(25)14-16-8-6-15(3)7-9-16/h4-8,13-16,18-19,27H,3,9-12,17H2,1-2H3,(H,35,36,38);11-14,16-17,22H,4-10,15H2,1-3H3,(H,32,33,35);10-13,15-16,21H,4-9,14H2,1-3H3,(H,31,32,34). The molecule has 1 aromatic carbocycles. The SMILES string of the molecule is CCCOC(CC)c1nc2cc(-c3noc(=O)[nH]3)nc(-c3cncc(Cl)c3)c2n1CC1CCC(C)CC1.CCOC(CC)c1nc2cc(-c3noc(=O)[nH]3)nc(-c3cncc(Cl)c3)c2n1CC1CCC(C)CC1.CCOC(c1ccccc1)c1nc2cc(-c3noc(=O)[nH]3)nc(-c3cncc(Cl)c3)c2n1CC1CCC(C)CC1. The minimum Gasteiger partial charge on any atom is -0.371 e. The molecule has 592 valence electrons. The van der Waals surface area contributed by atoms with Gasteiger partial charge >= 0.3 is 17.3 Å². The maximum absolute atomic E-state index is 11.8. The van der Waals surface area contributed by atoms with E-state index in [0.717, 1.165) is 137 Å². The molecule has 3 atom stereocenters. The lowest BCUT2D eigenvalue weighted by Crippen LogP contribution is -2.21. The number of pyridine rings is 6. The molecule has 3 N–H and O–H groups in total. The number of rotatable bonds is 25. The molecule has 0 bridgehead atoms. The Labute approximate surface area is 667 Å². The number of imidazole rings is 3. The van der Waals surface area contributed by atoms with Crippen LogP contribution in [-0.4, -0.2) is 109 Å². The first-order valence-electron chi connectivity index (χ1n) is 39.6. The first-order valence-corrected chi connectivity index (χ1v) is 40.7. The van der Waals surface area contributed by atoms with Gasteiger partial charge in [-0.2, -0.15) is 0 Å². The number of aromatic nitrogens is 18. The van der Waals surface area contributed by atoms with Crippen molar-refractivity contribution in [3.63, 3.8) is 0 Å². The Balaban J connectivity index is 0.000000141. The molecule has 0 aliphatic heterocycles. The van der Waals surface area contributed by atoms with Gasteiger partial charge in [0, 0.05) is 93.3 Å². The van der Waals surface area contributed by atoms with Crippen molar-refractivity contribution in [2.45, 2.75) is 190 Å². The van der Waals surface area contributed by atoms with E-state index in [1.165, 1.54) is 64.2 Å². The van der Waals surface area contributed by atoms with Crippen molar-refractivity contribution in [2.75, 3.05) is 19.8 Å². The minimum atomic E-state index is -0.652. The van der Waals surface area contributed by atoms with Crippen LogP contribution in [0.1, 0.15) is 193 Å². The largest absolute Gasteiger partial charge is 0.439 e. The highest BCUT2D eigenvalue weighted by atomic mass is 35.5. The van der Waals surface area contributed by atoms with Gasteiger partial charge in [-0.05, 0) is 149 Å². The molecule has 3 aliphatic rings. The van der Waals surface area contributed by atoms with Crippen LogP contribution in [0.15, 0.2) is 132 Å². The third-order valence-electron chi connectivity index (χ3n) is 21.9. The second kappa shape index (κ2) is 36.5. The molecule has 30 heteroatoms. The summed E-state index contributed by atoms with van der Waals surface area (Å²) in [5, 5.41) is 13.1. The van der Waals surface area contributed by atoms with Gasteiger partial charge in [0.2, 0.25) is 17.5 Å². The topological polar surface area (TPSA) is 335 Å². The van der Waals surface area contributed by atoms with Crippen LogP contribution in [0.4, 0.5) is 0 Å². The zero-order valence-electron chi connectivity index (χ0n) is 64.9. The molecule has 27 nitrogen and oxygen atoms in total. The molecule has 113 heavy (non-hydrogen) atoms.